The fourth-order valence-electron chi connectivity index (χ4n) is 1.50. The van der Waals surface area contributed by atoms with Crippen molar-refractivity contribution in [1.29, 1.82) is 5.26 Å². The van der Waals surface area contributed by atoms with E-state index in [1.54, 1.807) is 24.3 Å². The number of nitrogens with one attached hydrogen (secondary N) is 1. The van der Waals surface area contributed by atoms with Gasteiger partial charge in [0.1, 0.15) is 5.75 Å². The number of esters is 1. The third kappa shape index (κ3) is 6.75. The SMILES string of the molecule is CC(C)COc1cccc(C(=O)OCC(=O)NCCC#N)c1. The molecule has 0 fully saturated rings. The molecule has 0 saturated heterocycles. The van der Waals surface area contributed by atoms with E-state index < -0.39 is 11.9 Å². The van der Waals surface area contributed by atoms with Crippen LogP contribution in [0.1, 0.15) is 30.6 Å². The van der Waals surface area contributed by atoms with Crippen LogP contribution in [0.3, 0.4) is 0 Å². The first-order valence-corrected chi connectivity index (χ1v) is 7.06. The smallest absolute Gasteiger partial charge is 0.338 e. The minimum Gasteiger partial charge on any atom is -0.493 e. The van der Waals surface area contributed by atoms with E-state index in [2.05, 4.69) is 5.32 Å². The van der Waals surface area contributed by atoms with E-state index in [4.69, 9.17) is 14.7 Å². The Labute approximate surface area is 130 Å². The molecule has 1 aromatic rings. The molecule has 0 heterocycles. The third-order valence-corrected chi connectivity index (χ3v) is 2.55. The standard InChI is InChI=1S/C16H20N2O4/c1-12(2)10-21-14-6-3-5-13(9-14)16(20)22-11-15(19)18-8-4-7-17/h3,5-6,9,12H,4,8,10-11H2,1-2H3,(H,18,19). The van der Waals surface area contributed by atoms with Crippen molar-refractivity contribution in [1.82, 2.24) is 5.32 Å². The molecule has 0 spiro atoms. The first-order chi connectivity index (χ1) is 10.5. The van der Waals surface area contributed by atoms with Gasteiger partial charge in [-0.1, -0.05) is 19.9 Å². The van der Waals surface area contributed by atoms with E-state index >= 15 is 0 Å². The van der Waals surface area contributed by atoms with Crippen molar-refractivity contribution in [3.8, 4) is 11.8 Å². The van der Waals surface area contributed by atoms with E-state index in [0.717, 1.165) is 0 Å². The van der Waals surface area contributed by atoms with Crippen LogP contribution in [0.4, 0.5) is 0 Å². The van der Waals surface area contributed by atoms with Crippen molar-refractivity contribution in [2.75, 3.05) is 19.8 Å². The van der Waals surface area contributed by atoms with Crippen LogP contribution in [0.15, 0.2) is 24.3 Å². The largest absolute Gasteiger partial charge is 0.493 e. The van der Waals surface area contributed by atoms with Crippen LogP contribution in [0.5, 0.6) is 5.75 Å². The molecule has 1 N–H and O–H groups in total. The highest BCUT2D eigenvalue weighted by Gasteiger charge is 2.11. The van der Waals surface area contributed by atoms with Crippen molar-refractivity contribution >= 4 is 11.9 Å². The molecule has 0 radical (unpaired) electrons. The number of amides is 1. The molecule has 0 bridgehead atoms. The zero-order valence-electron chi connectivity index (χ0n) is 12.8. The maximum absolute atomic E-state index is 11.9. The Kier molecular flexibility index (Phi) is 7.48. The summed E-state index contributed by atoms with van der Waals surface area (Å²) >= 11 is 0. The fraction of sp³-hybridized carbons (Fsp3) is 0.438. The molecule has 0 aliphatic heterocycles. The molecule has 118 valence electrons. The predicted molar refractivity (Wildman–Crippen MR) is 80.3 cm³/mol. The maximum atomic E-state index is 11.9. The number of hydrogen-bond acceptors (Lipinski definition) is 5. The summed E-state index contributed by atoms with van der Waals surface area (Å²) < 4.78 is 10.4. The number of nitrogens with zero attached hydrogens (tertiary/aromatic N) is 1. The Balaban J connectivity index is 2.46. The van der Waals surface area contributed by atoms with Gasteiger partial charge < -0.3 is 14.8 Å². The van der Waals surface area contributed by atoms with Gasteiger partial charge in [-0.2, -0.15) is 5.26 Å². The van der Waals surface area contributed by atoms with Gasteiger partial charge in [0.25, 0.3) is 5.91 Å². The third-order valence-electron chi connectivity index (χ3n) is 2.55. The van der Waals surface area contributed by atoms with Crippen LogP contribution in [0, 0.1) is 17.2 Å². The Morgan fingerprint density at radius 1 is 1.36 bits per heavy atom. The van der Waals surface area contributed by atoms with Crippen LogP contribution in [-0.4, -0.2) is 31.6 Å². The Bertz CT molecular complexity index is 549. The number of carbonyl (C=O) groups excluding carboxylic acids is 2. The lowest BCUT2D eigenvalue weighted by atomic mass is 10.2. The van der Waals surface area contributed by atoms with Crippen molar-refractivity contribution in [2.24, 2.45) is 5.92 Å². The second-order valence-corrected chi connectivity index (χ2v) is 5.07. The lowest BCUT2D eigenvalue weighted by Gasteiger charge is -2.10. The summed E-state index contributed by atoms with van der Waals surface area (Å²) in [5.41, 5.74) is 0.325. The summed E-state index contributed by atoms with van der Waals surface area (Å²) in [6.07, 6.45) is 0.217. The van der Waals surface area contributed by atoms with E-state index in [9.17, 15) is 9.59 Å². The molecule has 0 atom stereocenters. The van der Waals surface area contributed by atoms with Crippen LogP contribution in [-0.2, 0) is 9.53 Å². The minimum absolute atomic E-state index is 0.217. The quantitative estimate of drug-likeness (QED) is 0.585. The van der Waals surface area contributed by atoms with Gasteiger partial charge in [0, 0.05) is 6.54 Å². The maximum Gasteiger partial charge on any atom is 0.338 e. The Morgan fingerprint density at radius 3 is 2.82 bits per heavy atom. The average molecular weight is 304 g/mol. The first-order valence-electron chi connectivity index (χ1n) is 7.06. The van der Waals surface area contributed by atoms with Crippen LogP contribution >= 0.6 is 0 Å². The molecular formula is C16H20N2O4. The summed E-state index contributed by atoms with van der Waals surface area (Å²) in [5.74, 6) is -0.0596. The van der Waals surface area contributed by atoms with E-state index in [1.165, 1.54) is 0 Å². The average Bonchev–Trinajstić information content (AvgIpc) is 2.51. The van der Waals surface area contributed by atoms with Gasteiger partial charge in [-0.3, -0.25) is 4.79 Å². The molecule has 0 unspecified atom stereocenters. The van der Waals surface area contributed by atoms with Crippen LogP contribution in [0.25, 0.3) is 0 Å². The molecule has 1 amide bonds. The zero-order chi connectivity index (χ0) is 16.4. The molecule has 1 rings (SSSR count). The second kappa shape index (κ2) is 9.40. The summed E-state index contributed by atoms with van der Waals surface area (Å²) in [6.45, 7) is 4.48. The normalized spacial score (nSPS) is 9.91. The van der Waals surface area contributed by atoms with Crippen molar-refractivity contribution in [3.63, 3.8) is 0 Å². The fourth-order valence-corrected chi connectivity index (χ4v) is 1.50. The highest BCUT2D eigenvalue weighted by molar-refractivity contribution is 5.91. The van der Waals surface area contributed by atoms with E-state index in [-0.39, 0.29) is 19.6 Å². The van der Waals surface area contributed by atoms with Crippen molar-refractivity contribution in [3.05, 3.63) is 29.8 Å². The van der Waals surface area contributed by atoms with Gasteiger partial charge in [0.15, 0.2) is 6.61 Å². The Morgan fingerprint density at radius 2 is 2.14 bits per heavy atom. The number of carbonyl (C=O) groups is 2. The molecule has 0 aliphatic carbocycles. The molecular weight excluding hydrogens is 284 g/mol. The van der Waals surface area contributed by atoms with E-state index in [0.29, 0.717) is 23.8 Å². The Hall–Kier alpha value is -2.55. The highest BCUT2D eigenvalue weighted by atomic mass is 16.5. The molecule has 0 aromatic heterocycles. The number of hydrogen-bond donors (Lipinski definition) is 1. The molecule has 6 nitrogen and oxygen atoms in total. The molecule has 0 saturated carbocycles. The van der Waals surface area contributed by atoms with Crippen LogP contribution < -0.4 is 10.1 Å². The predicted octanol–water partition coefficient (Wildman–Crippen LogP) is 1.91. The zero-order valence-corrected chi connectivity index (χ0v) is 12.8. The van der Waals surface area contributed by atoms with Gasteiger partial charge in [-0.05, 0) is 24.1 Å². The van der Waals surface area contributed by atoms with Gasteiger partial charge in [0.05, 0.1) is 24.7 Å². The first kappa shape index (κ1) is 17.5. The summed E-state index contributed by atoms with van der Waals surface area (Å²) in [5, 5.41) is 10.8. The van der Waals surface area contributed by atoms with Crippen LogP contribution in [0.2, 0.25) is 0 Å². The minimum atomic E-state index is -0.592. The van der Waals surface area contributed by atoms with Gasteiger partial charge in [0.2, 0.25) is 0 Å². The number of nitriles is 1. The monoisotopic (exact) mass is 304 g/mol. The number of benzene rings is 1. The topological polar surface area (TPSA) is 88.4 Å². The highest BCUT2D eigenvalue weighted by Crippen LogP contribution is 2.15. The van der Waals surface area contributed by atoms with Gasteiger partial charge in [-0.15, -0.1) is 0 Å². The van der Waals surface area contributed by atoms with E-state index in [1.807, 2.05) is 19.9 Å². The van der Waals surface area contributed by atoms with Crippen molar-refractivity contribution in [2.45, 2.75) is 20.3 Å². The summed E-state index contributed by atoms with van der Waals surface area (Å²) in [4.78, 5) is 23.2. The summed E-state index contributed by atoms with van der Waals surface area (Å²) in [7, 11) is 0. The second-order valence-electron chi connectivity index (χ2n) is 5.07. The number of rotatable bonds is 8. The molecule has 22 heavy (non-hydrogen) atoms. The molecule has 0 aliphatic rings. The van der Waals surface area contributed by atoms with Crippen molar-refractivity contribution < 1.29 is 19.1 Å². The molecule has 1 aromatic carbocycles. The summed E-state index contributed by atoms with van der Waals surface area (Å²) in [6, 6.07) is 8.53. The van der Waals surface area contributed by atoms with Gasteiger partial charge in [-0.25, -0.2) is 4.79 Å². The molecule has 6 heteroatoms. The number of ether oxygens (including phenoxy) is 2. The van der Waals surface area contributed by atoms with Gasteiger partial charge >= 0.3 is 5.97 Å². The lowest BCUT2D eigenvalue weighted by Crippen LogP contribution is -2.29. The lowest BCUT2D eigenvalue weighted by molar-refractivity contribution is -0.124.